The van der Waals surface area contributed by atoms with Crippen LogP contribution in [0.4, 0.5) is 4.39 Å². The van der Waals surface area contributed by atoms with Crippen molar-refractivity contribution in [2.75, 3.05) is 0 Å². The molecule has 0 amide bonds. The number of aliphatic hydroxyl groups excluding tert-OH is 1. The monoisotopic (exact) mass is 369 g/mol. The van der Waals surface area contributed by atoms with E-state index in [9.17, 15) is 4.39 Å². The van der Waals surface area contributed by atoms with Gasteiger partial charge in [-0.3, -0.25) is 0 Å². The first-order chi connectivity index (χ1) is 11.4. The molecule has 0 saturated carbocycles. The fourth-order valence-electron chi connectivity index (χ4n) is 2.22. The highest BCUT2D eigenvalue weighted by molar-refractivity contribution is 6.35. The molecule has 4 nitrogen and oxygen atoms in total. The minimum atomic E-state index is -0.442. The Morgan fingerprint density at radius 2 is 2.04 bits per heavy atom. The summed E-state index contributed by atoms with van der Waals surface area (Å²) in [4.78, 5) is 4.22. The summed E-state index contributed by atoms with van der Waals surface area (Å²) >= 11 is 12.0. The lowest BCUT2D eigenvalue weighted by Gasteiger charge is -2.16. The van der Waals surface area contributed by atoms with E-state index in [1.54, 1.807) is 24.3 Å². The third kappa shape index (κ3) is 4.84. The lowest BCUT2D eigenvalue weighted by molar-refractivity contribution is 0.275. The normalized spacial score (nSPS) is 13.0. The molecule has 4 N–H and O–H groups in total. The number of nitrogens with two attached hydrogens (primary N) is 1. The lowest BCUT2D eigenvalue weighted by atomic mass is 10.1. The van der Waals surface area contributed by atoms with E-state index in [4.69, 9.17) is 34.0 Å². The van der Waals surface area contributed by atoms with Crippen molar-refractivity contribution in [3.63, 3.8) is 0 Å². The highest BCUT2D eigenvalue weighted by atomic mass is 35.5. The van der Waals surface area contributed by atoms with E-state index in [-0.39, 0.29) is 30.7 Å². The van der Waals surface area contributed by atoms with Gasteiger partial charge in [-0.1, -0.05) is 35.3 Å². The average molecular weight is 370 g/mol. The van der Waals surface area contributed by atoms with E-state index in [1.165, 1.54) is 6.07 Å². The molecule has 0 heterocycles. The second-order valence-corrected chi connectivity index (χ2v) is 6.16. The molecule has 0 aliphatic heterocycles. The van der Waals surface area contributed by atoms with Gasteiger partial charge >= 0.3 is 0 Å². The van der Waals surface area contributed by atoms with Crippen molar-refractivity contribution >= 4 is 29.2 Å². The molecule has 24 heavy (non-hydrogen) atoms. The van der Waals surface area contributed by atoms with E-state index in [1.807, 2.05) is 13.0 Å². The molecule has 2 rings (SSSR count). The average Bonchev–Trinajstić information content (AvgIpc) is 2.53. The largest absolute Gasteiger partial charge is 0.392 e. The number of nitrogens with one attached hydrogen (secondary N) is 1. The molecule has 128 valence electrons. The standard InChI is InChI=1S/C17H18Cl2FN3O/c1-10(14-4-3-13(18)7-15(14)19)23-17(21)22-8-11-2-5-16(20)12(6-11)9-24/h2-7,10,24H,8-9H2,1H3,(H3,21,22,23). The topological polar surface area (TPSA) is 70.6 Å². The first-order valence-electron chi connectivity index (χ1n) is 7.30. The van der Waals surface area contributed by atoms with Gasteiger partial charge in [0.25, 0.3) is 0 Å². The van der Waals surface area contributed by atoms with Crippen molar-refractivity contribution in [3.8, 4) is 0 Å². The Morgan fingerprint density at radius 3 is 2.71 bits per heavy atom. The second kappa shape index (κ2) is 8.33. The van der Waals surface area contributed by atoms with Crippen LogP contribution in [0.2, 0.25) is 10.0 Å². The number of aliphatic hydroxyl groups is 1. The molecule has 0 aliphatic rings. The van der Waals surface area contributed by atoms with Gasteiger partial charge in [0.05, 0.1) is 19.2 Å². The van der Waals surface area contributed by atoms with Gasteiger partial charge in [0.1, 0.15) is 5.82 Å². The smallest absolute Gasteiger partial charge is 0.189 e. The van der Waals surface area contributed by atoms with Gasteiger partial charge in [-0.25, -0.2) is 9.38 Å². The molecule has 0 radical (unpaired) electrons. The van der Waals surface area contributed by atoms with Crippen LogP contribution in [0.1, 0.15) is 29.7 Å². The second-order valence-electron chi connectivity index (χ2n) is 5.32. The molecule has 2 aromatic carbocycles. The summed E-state index contributed by atoms with van der Waals surface area (Å²) in [6.45, 7) is 1.82. The van der Waals surface area contributed by atoms with Crippen molar-refractivity contribution in [3.05, 3.63) is 69.0 Å². The fraction of sp³-hybridized carbons (Fsp3) is 0.235. The molecule has 0 saturated heterocycles. The fourth-order valence-corrected chi connectivity index (χ4v) is 2.79. The van der Waals surface area contributed by atoms with Crippen molar-refractivity contribution in [2.45, 2.75) is 26.1 Å². The lowest BCUT2D eigenvalue weighted by Crippen LogP contribution is -2.34. The van der Waals surface area contributed by atoms with Crippen molar-refractivity contribution < 1.29 is 9.50 Å². The van der Waals surface area contributed by atoms with Crippen LogP contribution in [0.3, 0.4) is 0 Å². The molecule has 0 aromatic heterocycles. The number of aliphatic imine (C=N–C) groups is 1. The van der Waals surface area contributed by atoms with Crippen LogP contribution in [-0.4, -0.2) is 11.1 Å². The minimum Gasteiger partial charge on any atom is -0.392 e. The predicted molar refractivity (Wildman–Crippen MR) is 95.7 cm³/mol. The molecule has 0 fully saturated rings. The SMILES string of the molecule is CC(NC(N)=NCc1ccc(F)c(CO)c1)c1ccc(Cl)cc1Cl. The third-order valence-electron chi connectivity index (χ3n) is 3.51. The summed E-state index contributed by atoms with van der Waals surface area (Å²) < 4.78 is 13.3. The van der Waals surface area contributed by atoms with Crippen LogP contribution in [0.25, 0.3) is 0 Å². The Kier molecular flexibility index (Phi) is 6.43. The highest BCUT2D eigenvalue weighted by Gasteiger charge is 2.10. The van der Waals surface area contributed by atoms with Gasteiger partial charge in [-0.05, 0) is 42.3 Å². The number of nitrogens with zero attached hydrogens (tertiary/aromatic N) is 1. The van der Waals surface area contributed by atoms with Crippen molar-refractivity contribution in [2.24, 2.45) is 10.7 Å². The van der Waals surface area contributed by atoms with Gasteiger partial charge < -0.3 is 16.2 Å². The predicted octanol–water partition coefficient (Wildman–Crippen LogP) is 3.79. The van der Waals surface area contributed by atoms with Crippen LogP contribution in [-0.2, 0) is 13.2 Å². The highest BCUT2D eigenvalue weighted by Crippen LogP contribution is 2.25. The number of halogens is 3. The summed E-state index contributed by atoms with van der Waals surface area (Å²) in [7, 11) is 0. The molecule has 1 atom stereocenters. The van der Waals surface area contributed by atoms with Crippen molar-refractivity contribution in [1.82, 2.24) is 5.32 Å². The first-order valence-corrected chi connectivity index (χ1v) is 8.06. The maximum Gasteiger partial charge on any atom is 0.189 e. The molecular weight excluding hydrogens is 352 g/mol. The van der Waals surface area contributed by atoms with Crippen LogP contribution >= 0.6 is 23.2 Å². The van der Waals surface area contributed by atoms with E-state index >= 15 is 0 Å². The summed E-state index contributed by atoms with van der Waals surface area (Å²) in [5, 5.41) is 13.2. The number of hydrogen-bond donors (Lipinski definition) is 3. The maximum absolute atomic E-state index is 13.3. The number of benzene rings is 2. The number of hydrogen-bond acceptors (Lipinski definition) is 2. The number of rotatable bonds is 5. The van der Waals surface area contributed by atoms with Crippen LogP contribution in [0, 0.1) is 5.82 Å². The molecule has 0 spiro atoms. The molecule has 2 aromatic rings. The van der Waals surface area contributed by atoms with Gasteiger partial charge in [-0.2, -0.15) is 0 Å². The molecule has 0 bridgehead atoms. The van der Waals surface area contributed by atoms with Crippen molar-refractivity contribution in [1.29, 1.82) is 0 Å². The Morgan fingerprint density at radius 1 is 1.29 bits per heavy atom. The molecular formula is C17H18Cl2FN3O. The summed E-state index contributed by atoms with van der Waals surface area (Å²) in [6.07, 6.45) is 0. The van der Waals surface area contributed by atoms with Gasteiger partial charge in [-0.15, -0.1) is 0 Å². The Hall–Kier alpha value is -1.82. The summed E-state index contributed by atoms with van der Waals surface area (Å²) in [5.41, 5.74) is 7.72. The minimum absolute atomic E-state index is 0.153. The van der Waals surface area contributed by atoms with E-state index in [0.29, 0.717) is 10.0 Å². The summed E-state index contributed by atoms with van der Waals surface area (Å²) in [5.74, 6) is -0.203. The zero-order valence-electron chi connectivity index (χ0n) is 13.1. The summed E-state index contributed by atoms with van der Waals surface area (Å²) in [6, 6.07) is 9.55. The Labute approximate surface area is 150 Å². The first kappa shape index (κ1) is 18.5. The quantitative estimate of drug-likeness (QED) is 0.554. The third-order valence-corrected chi connectivity index (χ3v) is 4.07. The van der Waals surface area contributed by atoms with Gasteiger partial charge in [0.15, 0.2) is 5.96 Å². The Bertz CT molecular complexity index is 753. The zero-order chi connectivity index (χ0) is 17.7. The van der Waals surface area contributed by atoms with Gasteiger partial charge in [0.2, 0.25) is 0 Å². The zero-order valence-corrected chi connectivity index (χ0v) is 14.6. The van der Waals surface area contributed by atoms with Crippen LogP contribution < -0.4 is 11.1 Å². The molecule has 0 aliphatic carbocycles. The molecule has 7 heteroatoms. The van der Waals surface area contributed by atoms with Crippen LogP contribution in [0.5, 0.6) is 0 Å². The molecule has 1 unspecified atom stereocenters. The van der Waals surface area contributed by atoms with E-state index < -0.39 is 5.82 Å². The maximum atomic E-state index is 13.3. The van der Waals surface area contributed by atoms with Crippen LogP contribution in [0.15, 0.2) is 41.4 Å². The Balaban J connectivity index is 2.03. The van der Waals surface area contributed by atoms with Gasteiger partial charge in [0, 0.05) is 15.6 Å². The van der Waals surface area contributed by atoms with E-state index in [2.05, 4.69) is 10.3 Å². The number of guanidine groups is 1. The van der Waals surface area contributed by atoms with E-state index in [0.717, 1.165) is 11.1 Å².